The van der Waals surface area contributed by atoms with E-state index in [9.17, 15) is 14.7 Å². The number of carbonyl (C=O) groups excluding carboxylic acids is 1. The van der Waals surface area contributed by atoms with Crippen molar-refractivity contribution in [3.05, 3.63) is 51.9 Å². The topological polar surface area (TPSA) is 95.6 Å². The summed E-state index contributed by atoms with van der Waals surface area (Å²) in [5.74, 6) is -0.194. The Hall–Kier alpha value is -2.97. The molecule has 1 aromatic carbocycles. The quantitative estimate of drug-likeness (QED) is 0.441. The van der Waals surface area contributed by atoms with Crippen LogP contribution in [0.5, 0.6) is 0 Å². The second-order valence-electron chi connectivity index (χ2n) is 9.63. The minimum atomic E-state index is -0.793. The van der Waals surface area contributed by atoms with Crippen molar-refractivity contribution < 1.29 is 19.4 Å². The molecule has 0 radical (unpaired) electrons. The van der Waals surface area contributed by atoms with Gasteiger partial charge in [-0.3, -0.25) is 9.59 Å². The Morgan fingerprint density at radius 3 is 2.49 bits per heavy atom. The molecule has 0 aliphatic rings. The van der Waals surface area contributed by atoms with E-state index in [1.165, 1.54) is 0 Å². The van der Waals surface area contributed by atoms with E-state index in [1.54, 1.807) is 52.6 Å². The molecule has 8 heteroatoms. The summed E-state index contributed by atoms with van der Waals surface area (Å²) in [7, 11) is 3.41. The summed E-state index contributed by atoms with van der Waals surface area (Å²) in [6, 6.07) is 7.98. The third kappa shape index (κ3) is 6.00. The minimum Gasteiger partial charge on any atom is -0.463 e. The van der Waals surface area contributed by atoms with Crippen LogP contribution in [0.1, 0.15) is 51.3 Å². The molecule has 3 atom stereocenters. The molecule has 0 unspecified atom stereocenters. The smallest absolute Gasteiger partial charge is 0.311 e. The highest BCUT2D eigenvalue weighted by molar-refractivity contribution is 5.81. The fourth-order valence-corrected chi connectivity index (χ4v) is 4.46. The molecule has 2 heterocycles. The van der Waals surface area contributed by atoms with Gasteiger partial charge in [0.25, 0.3) is 5.56 Å². The Morgan fingerprint density at radius 2 is 1.89 bits per heavy atom. The predicted molar refractivity (Wildman–Crippen MR) is 136 cm³/mol. The standard InChI is InChI=1S/C27H37N3O5/c1-16(2)35-27(33)22(19(5)31)10-8-20-9-11-24-23(13-20)28-25(30(24)18(4)15-34-7)21-12-17(3)26(32)29(6)14-21/h9,11-14,16,18-19,22,31H,8,10,15H2,1-7H3/t18-,19-,22+/m1/s1. The first-order valence-corrected chi connectivity index (χ1v) is 12.1. The first kappa shape index (κ1) is 26.6. The summed E-state index contributed by atoms with van der Waals surface area (Å²) in [4.78, 5) is 29.6. The molecule has 0 amide bonds. The molecule has 190 valence electrons. The van der Waals surface area contributed by atoms with E-state index in [2.05, 4.69) is 11.5 Å². The van der Waals surface area contributed by atoms with Crippen molar-refractivity contribution in [1.82, 2.24) is 14.1 Å². The lowest BCUT2D eigenvalue weighted by atomic mass is 9.95. The van der Waals surface area contributed by atoms with Gasteiger partial charge < -0.3 is 23.7 Å². The van der Waals surface area contributed by atoms with Crippen LogP contribution in [0.4, 0.5) is 0 Å². The van der Waals surface area contributed by atoms with Gasteiger partial charge in [0.1, 0.15) is 5.82 Å². The van der Waals surface area contributed by atoms with Crippen LogP contribution >= 0.6 is 0 Å². The van der Waals surface area contributed by atoms with Crippen molar-refractivity contribution in [2.45, 2.75) is 65.7 Å². The number of aliphatic hydroxyl groups is 1. The molecular weight excluding hydrogens is 446 g/mol. The van der Waals surface area contributed by atoms with Crippen LogP contribution in [0, 0.1) is 12.8 Å². The van der Waals surface area contributed by atoms with Gasteiger partial charge in [-0.25, -0.2) is 4.98 Å². The summed E-state index contributed by atoms with van der Waals surface area (Å²) in [6.45, 7) is 9.61. The zero-order valence-electron chi connectivity index (χ0n) is 21.7. The van der Waals surface area contributed by atoms with Crippen molar-refractivity contribution in [2.75, 3.05) is 13.7 Å². The van der Waals surface area contributed by atoms with Gasteiger partial charge in [0.05, 0.1) is 41.8 Å². The zero-order valence-corrected chi connectivity index (χ0v) is 21.7. The average molecular weight is 484 g/mol. The SMILES string of the molecule is COC[C@@H](C)n1c(-c2cc(C)c(=O)n(C)c2)nc2cc(CC[C@H](C(=O)OC(C)C)[C@@H](C)O)ccc21. The Labute approximate surface area is 206 Å². The third-order valence-electron chi connectivity index (χ3n) is 6.20. The number of rotatable bonds is 10. The van der Waals surface area contributed by atoms with Gasteiger partial charge in [-0.15, -0.1) is 0 Å². The maximum absolute atomic E-state index is 12.4. The molecule has 0 aliphatic carbocycles. The number of aliphatic hydroxyl groups excluding tert-OH is 1. The van der Waals surface area contributed by atoms with Gasteiger partial charge in [-0.1, -0.05) is 6.07 Å². The van der Waals surface area contributed by atoms with Gasteiger partial charge in [-0.2, -0.15) is 0 Å². The lowest BCUT2D eigenvalue weighted by Gasteiger charge is -2.20. The van der Waals surface area contributed by atoms with Gasteiger partial charge in [-0.05, 0) is 71.2 Å². The number of methoxy groups -OCH3 is 1. The third-order valence-corrected chi connectivity index (χ3v) is 6.20. The number of hydrogen-bond donors (Lipinski definition) is 1. The Morgan fingerprint density at radius 1 is 1.17 bits per heavy atom. The van der Waals surface area contributed by atoms with E-state index < -0.39 is 12.0 Å². The van der Waals surface area contributed by atoms with E-state index >= 15 is 0 Å². The maximum Gasteiger partial charge on any atom is 0.311 e. The number of fused-ring (bicyclic) bond motifs is 1. The fourth-order valence-electron chi connectivity index (χ4n) is 4.46. The molecule has 0 spiro atoms. The van der Waals surface area contributed by atoms with Crippen LogP contribution in [0.25, 0.3) is 22.4 Å². The normalized spacial score (nSPS) is 14.3. The molecular formula is C27H37N3O5. The number of imidazole rings is 1. The van der Waals surface area contributed by atoms with Gasteiger partial charge >= 0.3 is 5.97 Å². The summed E-state index contributed by atoms with van der Waals surface area (Å²) < 4.78 is 14.5. The largest absolute Gasteiger partial charge is 0.463 e. The lowest BCUT2D eigenvalue weighted by Crippen LogP contribution is -2.30. The van der Waals surface area contributed by atoms with Crippen molar-refractivity contribution in [1.29, 1.82) is 0 Å². The number of nitrogens with zero attached hydrogens (tertiary/aromatic N) is 3. The van der Waals surface area contributed by atoms with Crippen LogP contribution in [0.2, 0.25) is 0 Å². The van der Waals surface area contributed by atoms with Crippen LogP contribution < -0.4 is 5.56 Å². The van der Waals surface area contributed by atoms with E-state index in [0.717, 1.165) is 28.0 Å². The van der Waals surface area contributed by atoms with Gasteiger partial charge in [0, 0.05) is 31.5 Å². The van der Waals surface area contributed by atoms with Crippen molar-refractivity contribution in [3.8, 4) is 11.4 Å². The fraction of sp³-hybridized carbons (Fsp3) is 0.519. The van der Waals surface area contributed by atoms with E-state index in [-0.39, 0.29) is 23.7 Å². The zero-order chi connectivity index (χ0) is 25.9. The molecule has 35 heavy (non-hydrogen) atoms. The molecule has 3 aromatic rings. The number of hydrogen-bond acceptors (Lipinski definition) is 6. The number of aryl methyl sites for hydroxylation is 3. The molecule has 3 rings (SSSR count). The van der Waals surface area contributed by atoms with Crippen LogP contribution in [0.3, 0.4) is 0 Å². The van der Waals surface area contributed by atoms with Gasteiger partial charge in [0.15, 0.2) is 0 Å². The Balaban J connectivity index is 1.99. The Bertz CT molecular complexity index is 1220. The first-order chi connectivity index (χ1) is 16.5. The second-order valence-corrected chi connectivity index (χ2v) is 9.63. The van der Waals surface area contributed by atoms with E-state index in [0.29, 0.717) is 25.0 Å². The minimum absolute atomic E-state index is 0.0220. The number of esters is 1. The second kappa shape index (κ2) is 11.2. The monoisotopic (exact) mass is 483 g/mol. The highest BCUT2D eigenvalue weighted by Crippen LogP contribution is 2.30. The molecule has 2 aromatic heterocycles. The molecule has 0 saturated heterocycles. The molecule has 0 bridgehead atoms. The summed E-state index contributed by atoms with van der Waals surface area (Å²) in [5, 5.41) is 10.1. The van der Waals surface area contributed by atoms with E-state index in [1.807, 2.05) is 24.3 Å². The average Bonchev–Trinajstić information content (AvgIpc) is 3.15. The van der Waals surface area contributed by atoms with Crippen LogP contribution in [-0.2, 0) is 27.7 Å². The molecule has 0 fully saturated rings. The number of benzene rings is 1. The molecule has 8 nitrogen and oxygen atoms in total. The van der Waals surface area contributed by atoms with Gasteiger partial charge in [0.2, 0.25) is 0 Å². The van der Waals surface area contributed by atoms with Crippen molar-refractivity contribution >= 4 is 17.0 Å². The predicted octanol–water partition coefficient (Wildman–Crippen LogP) is 3.80. The Kier molecular flexibility index (Phi) is 8.51. The van der Waals surface area contributed by atoms with Crippen molar-refractivity contribution in [2.24, 2.45) is 13.0 Å². The summed E-state index contributed by atoms with van der Waals surface area (Å²) in [5.41, 5.74) is 4.29. The number of carbonyl (C=O) groups is 1. The summed E-state index contributed by atoms with van der Waals surface area (Å²) >= 11 is 0. The highest BCUT2D eigenvalue weighted by atomic mass is 16.5. The lowest BCUT2D eigenvalue weighted by molar-refractivity contribution is -0.156. The van der Waals surface area contributed by atoms with E-state index in [4.69, 9.17) is 14.5 Å². The number of ether oxygens (including phenoxy) is 2. The van der Waals surface area contributed by atoms with Crippen molar-refractivity contribution in [3.63, 3.8) is 0 Å². The summed E-state index contributed by atoms with van der Waals surface area (Å²) in [6.07, 6.45) is 1.87. The maximum atomic E-state index is 12.4. The molecule has 0 aliphatic heterocycles. The van der Waals surface area contributed by atoms with Crippen LogP contribution in [-0.4, -0.2) is 51.1 Å². The van der Waals surface area contributed by atoms with Crippen LogP contribution in [0.15, 0.2) is 35.3 Å². The molecule has 1 N–H and O–H groups in total. The highest BCUT2D eigenvalue weighted by Gasteiger charge is 2.26. The first-order valence-electron chi connectivity index (χ1n) is 12.1. The number of aromatic nitrogens is 3. The molecule has 0 saturated carbocycles. The number of pyridine rings is 1.